The predicted octanol–water partition coefficient (Wildman–Crippen LogP) is 0.990. The lowest BCUT2D eigenvalue weighted by Crippen LogP contribution is -1.96. The Balaban J connectivity index is 2.51. The van der Waals surface area contributed by atoms with E-state index < -0.39 is 0 Å². The number of H-pyrrole nitrogens is 1. The maximum atomic E-state index is 8.98. The van der Waals surface area contributed by atoms with E-state index in [0.29, 0.717) is 34.5 Å². The van der Waals surface area contributed by atoms with Crippen LogP contribution >= 0.6 is 0 Å². The minimum atomic E-state index is -0.197. The minimum absolute atomic E-state index is 0.197. The van der Waals surface area contributed by atoms with E-state index in [4.69, 9.17) is 19.3 Å². The Hall–Kier alpha value is -2.28. The number of hydrogen-bond donors (Lipinski definition) is 2. The highest BCUT2D eigenvalue weighted by molar-refractivity contribution is 5.66. The van der Waals surface area contributed by atoms with Gasteiger partial charge < -0.3 is 19.3 Å². The first-order valence-corrected chi connectivity index (χ1v) is 5.56. The van der Waals surface area contributed by atoms with Crippen molar-refractivity contribution >= 4 is 0 Å². The Morgan fingerprint density at radius 1 is 1.11 bits per heavy atom. The fourth-order valence-corrected chi connectivity index (χ4v) is 1.71. The Kier molecular flexibility index (Phi) is 3.86. The van der Waals surface area contributed by atoms with Gasteiger partial charge in [-0.15, -0.1) is 0 Å². The Labute approximate surface area is 110 Å². The number of nitrogens with zero attached hydrogens (tertiary/aromatic N) is 2. The molecule has 2 rings (SSSR count). The Morgan fingerprint density at radius 3 is 2.16 bits per heavy atom. The minimum Gasteiger partial charge on any atom is -0.493 e. The molecule has 2 aromatic rings. The predicted molar refractivity (Wildman–Crippen MR) is 67.4 cm³/mol. The number of ether oxygens (including phenoxy) is 3. The van der Waals surface area contributed by atoms with Gasteiger partial charge in [0.1, 0.15) is 6.61 Å². The molecule has 0 aliphatic heterocycles. The van der Waals surface area contributed by atoms with Gasteiger partial charge in [0.15, 0.2) is 23.1 Å². The molecule has 102 valence electrons. The molecule has 0 saturated carbocycles. The average molecular weight is 265 g/mol. The van der Waals surface area contributed by atoms with Crippen molar-refractivity contribution in [3.63, 3.8) is 0 Å². The smallest absolute Gasteiger partial charge is 0.203 e. The molecule has 0 aliphatic carbocycles. The normalized spacial score (nSPS) is 10.3. The monoisotopic (exact) mass is 265 g/mol. The topological polar surface area (TPSA) is 89.5 Å². The van der Waals surface area contributed by atoms with Gasteiger partial charge in [-0.05, 0) is 12.1 Å². The molecule has 0 bridgehead atoms. The first-order valence-electron chi connectivity index (χ1n) is 5.56. The zero-order valence-corrected chi connectivity index (χ0v) is 10.9. The molecular formula is C12H15N3O4. The third-order valence-electron chi connectivity index (χ3n) is 2.60. The summed E-state index contributed by atoms with van der Waals surface area (Å²) in [6.07, 6.45) is 0. The Morgan fingerprint density at radius 2 is 1.74 bits per heavy atom. The maximum Gasteiger partial charge on any atom is 0.203 e. The summed E-state index contributed by atoms with van der Waals surface area (Å²) in [5.74, 6) is 2.39. The van der Waals surface area contributed by atoms with Crippen LogP contribution in [-0.4, -0.2) is 41.6 Å². The molecular weight excluding hydrogens is 250 g/mol. The third-order valence-corrected chi connectivity index (χ3v) is 2.60. The quantitative estimate of drug-likeness (QED) is 0.838. The summed E-state index contributed by atoms with van der Waals surface area (Å²) >= 11 is 0. The van der Waals surface area contributed by atoms with Crippen LogP contribution in [0.25, 0.3) is 11.4 Å². The second-order valence-corrected chi connectivity index (χ2v) is 3.68. The van der Waals surface area contributed by atoms with Crippen molar-refractivity contribution in [3.05, 3.63) is 18.0 Å². The van der Waals surface area contributed by atoms with Gasteiger partial charge in [-0.25, -0.2) is 4.98 Å². The van der Waals surface area contributed by atoms with Crippen LogP contribution < -0.4 is 14.2 Å². The lowest BCUT2D eigenvalue weighted by atomic mass is 10.1. The lowest BCUT2D eigenvalue weighted by Gasteiger charge is -2.12. The summed E-state index contributed by atoms with van der Waals surface area (Å²) in [4.78, 5) is 4.14. The van der Waals surface area contributed by atoms with Gasteiger partial charge in [0.2, 0.25) is 5.75 Å². The van der Waals surface area contributed by atoms with E-state index in [1.54, 1.807) is 12.1 Å². The summed E-state index contributed by atoms with van der Waals surface area (Å²) in [5.41, 5.74) is 0.699. The van der Waals surface area contributed by atoms with Crippen LogP contribution in [0.5, 0.6) is 17.2 Å². The summed E-state index contributed by atoms with van der Waals surface area (Å²) in [6.45, 7) is -0.197. The number of rotatable bonds is 5. The zero-order valence-electron chi connectivity index (χ0n) is 10.9. The van der Waals surface area contributed by atoms with Gasteiger partial charge in [0.05, 0.1) is 21.3 Å². The van der Waals surface area contributed by atoms with E-state index >= 15 is 0 Å². The Bertz CT molecular complexity index is 543. The number of methoxy groups -OCH3 is 3. The van der Waals surface area contributed by atoms with Gasteiger partial charge >= 0.3 is 0 Å². The first kappa shape index (κ1) is 13.2. The number of benzene rings is 1. The second-order valence-electron chi connectivity index (χ2n) is 3.68. The fraction of sp³-hybridized carbons (Fsp3) is 0.333. The molecule has 0 fully saturated rings. The van der Waals surface area contributed by atoms with Crippen molar-refractivity contribution in [3.8, 4) is 28.6 Å². The van der Waals surface area contributed by atoms with Crippen LogP contribution in [0.15, 0.2) is 12.1 Å². The summed E-state index contributed by atoms with van der Waals surface area (Å²) in [5, 5.41) is 15.6. The molecule has 1 aromatic carbocycles. The van der Waals surface area contributed by atoms with Crippen molar-refractivity contribution in [2.75, 3.05) is 21.3 Å². The van der Waals surface area contributed by atoms with Crippen LogP contribution in [0, 0.1) is 0 Å². The van der Waals surface area contributed by atoms with Crippen LogP contribution in [0.2, 0.25) is 0 Å². The standard InChI is InChI=1S/C12H15N3O4/c1-17-8-4-7(5-9(18-2)11(8)19-3)12-13-10(6-16)14-15-12/h4-5,16H,6H2,1-3H3,(H,13,14,15). The summed E-state index contributed by atoms with van der Waals surface area (Å²) < 4.78 is 15.7. The lowest BCUT2D eigenvalue weighted by molar-refractivity contribution is 0.272. The van der Waals surface area contributed by atoms with Gasteiger partial charge in [0, 0.05) is 5.56 Å². The highest BCUT2D eigenvalue weighted by Gasteiger charge is 2.16. The van der Waals surface area contributed by atoms with Crippen LogP contribution in [0.1, 0.15) is 5.82 Å². The largest absolute Gasteiger partial charge is 0.493 e. The van der Waals surface area contributed by atoms with E-state index in [9.17, 15) is 0 Å². The van der Waals surface area contributed by atoms with Crippen LogP contribution in [0.4, 0.5) is 0 Å². The van der Waals surface area contributed by atoms with Gasteiger partial charge in [0.25, 0.3) is 0 Å². The molecule has 2 N–H and O–H groups in total. The van der Waals surface area contributed by atoms with Crippen molar-refractivity contribution in [1.82, 2.24) is 15.2 Å². The number of aliphatic hydroxyl groups excluding tert-OH is 1. The maximum absolute atomic E-state index is 8.98. The molecule has 0 radical (unpaired) electrons. The third kappa shape index (κ3) is 2.45. The van der Waals surface area contributed by atoms with E-state index in [1.807, 2.05) is 0 Å². The molecule has 0 aliphatic rings. The van der Waals surface area contributed by atoms with Gasteiger partial charge in [-0.3, -0.25) is 5.10 Å². The zero-order chi connectivity index (χ0) is 13.8. The van der Waals surface area contributed by atoms with Crippen molar-refractivity contribution in [1.29, 1.82) is 0 Å². The van der Waals surface area contributed by atoms with Gasteiger partial charge in [-0.1, -0.05) is 0 Å². The first-order chi connectivity index (χ1) is 9.23. The summed E-state index contributed by atoms with van der Waals surface area (Å²) in [7, 11) is 4.62. The van der Waals surface area contributed by atoms with E-state index in [1.165, 1.54) is 21.3 Å². The van der Waals surface area contributed by atoms with E-state index in [0.717, 1.165) is 0 Å². The van der Waals surface area contributed by atoms with Crippen LogP contribution in [-0.2, 0) is 6.61 Å². The highest BCUT2D eigenvalue weighted by Crippen LogP contribution is 2.40. The highest BCUT2D eigenvalue weighted by atomic mass is 16.5. The average Bonchev–Trinajstić information content (AvgIpc) is 2.94. The number of aromatic amines is 1. The molecule has 1 aromatic heterocycles. The number of nitrogens with one attached hydrogen (secondary N) is 1. The van der Waals surface area contributed by atoms with Crippen molar-refractivity contribution in [2.24, 2.45) is 0 Å². The van der Waals surface area contributed by atoms with E-state index in [2.05, 4.69) is 15.2 Å². The molecule has 0 saturated heterocycles. The fourth-order valence-electron chi connectivity index (χ4n) is 1.71. The van der Waals surface area contributed by atoms with Crippen molar-refractivity contribution < 1.29 is 19.3 Å². The van der Waals surface area contributed by atoms with Gasteiger partial charge in [-0.2, -0.15) is 5.10 Å². The molecule has 19 heavy (non-hydrogen) atoms. The number of aromatic nitrogens is 3. The number of aliphatic hydroxyl groups is 1. The molecule has 1 heterocycles. The van der Waals surface area contributed by atoms with E-state index in [-0.39, 0.29) is 6.61 Å². The molecule has 7 nitrogen and oxygen atoms in total. The molecule has 7 heteroatoms. The molecule has 0 spiro atoms. The second kappa shape index (κ2) is 5.57. The summed E-state index contributed by atoms with van der Waals surface area (Å²) in [6, 6.07) is 3.48. The molecule has 0 amide bonds. The van der Waals surface area contributed by atoms with Crippen LogP contribution in [0.3, 0.4) is 0 Å². The number of hydrogen-bond acceptors (Lipinski definition) is 6. The SMILES string of the molecule is COc1cc(-c2n[nH]c(CO)n2)cc(OC)c1OC. The molecule has 0 atom stereocenters. The molecule has 0 unspecified atom stereocenters. The van der Waals surface area contributed by atoms with Crippen molar-refractivity contribution in [2.45, 2.75) is 6.61 Å².